The first-order chi connectivity index (χ1) is 10.2. The van der Waals surface area contributed by atoms with E-state index in [1.54, 1.807) is 0 Å². The highest BCUT2D eigenvalue weighted by molar-refractivity contribution is 9.10. The molecule has 0 spiro atoms. The minimum atomic E-state index is 0.560. The predicted octanol–water partition coefficient (Wildman–Crippen LogP) is 2.68. The Morgan fingerprint density at radius 2 is 2.24 bits per heavy atom. The first-order valence-corrected chi connectivity index (χ1v) is 8.01. The zero-order valence-corrected chi connectivity index (χ0v) is 13.6. The molecule has 1 unspecified atom stereocenters. The second-order valence-electron chi connectivity index (χ2n) is 5.47. The van der Waals surface area contributed by atoms with Crippen molar-refractivity contribution in [3.8, 4) is 11.5 Å². The van der Waals surface area contributed by atoms with Crippen molar-refractivity contribution in [1.29, 1.82) is 0 Å². The second kappa shape index (κ2) is 6.68. The summed E-state index contributed by atoms with van der Waals surface area (Å²) in [5.41, 5.74) is 0.927. The minimum absolute atomic E-state index is 0.560. The van der Waals surface area contributed by atoms with Crippen LogP contribution in [0.1, 0.15) is 18.7 Å². The predicted molar refractivity (Wildman–Crippen MR) is 84.8 cm³/mol. The molecule has 1 aromatic carbocycles. The Hall–Kier alpha value is -1.24. The van der Waals surface area contributed by atoms with Gasteiger partial charge in [0, 0.05) is 17.1 Å². The van der Waals surface area contributed by atoms with Gasteiger partial charge in [-0.2, -0.15) is 0 Å². The van der Waals surface area contributed by atoms with Gasteiger partial charge in [0.25, 0.3) is 0 Å². The standard InChI is InChI=1S/C15H19BrN4O/c1-20(9-11-5-4-8-17-11)10-14-18-19-15(21-14)12-6-2-3-7-13(12)16/h2-3,6-7,11,17H,4-5,8-10H2,1H3. The molecule has 1 fully saturated rings. The van der Waals surface area contributed by atoms with Gasteiger partial charge in [-0.25, -0.2) is 0 Å². The topological polar surface area (TPSA) is 54.2 Å². The molecule has 1 N–H and O–H groups in total. The van der Waals surface area contributed by atoms with Gasteiger partial charge in [-0.1, -0.05) is 12.1 Å². The Balaban J connectivity index is 1.63. The Morgan fingerprint density at radius 1 is 1.38 bits per heavy atom. The van der Waals surface area contributed by atoms with Crippen LogP contribution in [0.15, 0.2) is 33.2 Å². The third-order valence-electron chi connectivity index (χ3n) is 3.67. The maximum absolute atomic E-state index is 5.77. The van der Waals surface area contributed by atoms with Gasteiger partial charge in [0.05, 0.1) is 12.1 Å². The number of nitrogens with zero attached hydrogens (tertiary/aromatic N) is 3. The lowest BCUT2D eigenvalue weighted by Crippen LogP contribution is -2.35. The van der Waals surface area contributed by atoms with Crippen molar-refractivity contribution in [1.82, 2.24) is 20.4 Å². The molecule has 0 aliphatic carbocycles. The number of nitrogens with one attached hydrogen (secondary N) is 1. The molecule has 21 heavy (non-hydrogen) atoms. The number of aromatic nitrogens is 2. The van der Waals surface area contributed by atoms with Gasteiger partial charge in [-0.3, -0.25) is 4.90 Å². The molecule has 2 aromatic rings. The van der Waals surface area contributed by atoms with Crippen molar-refractivity contribution < 1.29 is 4.42 Å². The number of halogens is 1. The van der Waals surface area contributed by atoms with E-state index in [2.05, 4.69) is 43.4 Å². The summed E-state index contributed by atoms with van der Waals surface area (Å²) in [5.74, 6) is 1.21. The Morgan fingerprint density at radius 3 is 3.00 bits per heavy atom. The van der Waals surface area contributed by atoms with Crippen molar-refractivity contribution in [3.05, 3.63) is 34.6 Å². The molecule has 1 aliphatic rings. The first-order valence-electron chi connectivity index (χ1n) is 7.21. The lowest BCUT2D eigenvalue weighted by molar-refractivity contribution is 0.265. The third kappa shape index (κ3) is 3.70. The number of hydrogen-bond donors (Lipinski definition) is 1. The highest BCUT2D eigenvalue weighted by Gasteiger charge is 2.18. The monoisotopic (exact) mass is 350 g/mol. The molecule has 1 saturated heterocycles. The van der Waals surface area contributed by atoms with Crippen LogP contribution in [0.3, 0.4) is 0 Å². The Kier molecular flexibility index (Phi) is 4.67. The molecule has 0 saturated carbocycles. The molecule has 0 amide bonds. The smallest absolute Gasteiger partial charge is 0.248 e. The van der Waals surface area contributed by atoms with E-state index >= 15 is 0 Å². The SMILES string of the molecule is CN(Cc1nnc(-c2ccccc2Br)o1)CC1CCCN1. The summed E-state index contributed by atoms with van der Waals surface area (Å²) in [7, 11) is 2.09. The molecule has 1 aromatic heterocycles. The van der Waals surface area contributed by atoms with Crippen LogP contribution in [0.25, 0.3) is 11.5 Å². The fourth-order valence-corrected chi connectivity index (χ4v) is 3.10. The molecule has 0 bridgehead atoms. The molecule has 5 nitrogen and oxygen atoms in total. The second-order valence-corrected chi connectivity index (χ2v) is 6.33. The summed E-state index contributed by atoms with van der Waals surface area (Å²) in [4.78, 5) is 2.22. The fourth-order valence-electron chi connectivity index (χ4n) is 2.65. The van der Waals surface area contributed by atoms with Crippen molar-refractivity contribution in [3.63, 3.8) is 0 Å². The molecular weight excluding hydrogens is 332 g/mol. The van der Waals surface area contributed by atoms with Crippen LogP contribution in [0, 0.1) is 0 Å². The fraction of sp³-hybridized carbons (Fsp3) is 0.467. The van der Waals surface area contributed by atoms with Crippen LogP contribution in [-0.2, 0) is 6.54 Å². The summed E-state index contributed by atoms with van der Waals surface area (Å²) in [6, 6.07) is 8.44. The van der Waals surface area contributed by atoms with Crippen LogP contribution in [0.4, 0.5) is 0 Å². The van der Waals surface area contributed by atoms with Crippen molar-refractivity contribution >= 4 is 15.9 Å². The molecule has 2 heterocycles. The molecule has 1 atom stereocenters. The largest absolute Gasteiger partial charge is 0.419 e. The zero-order chi connectivity index (χ0) is 14.7. The van der Waals surface area contributed by atoms with Crippen molar-refractivity contribution in [2.24, 2.45) is 0 Å². The van der Waals surface area contributed by atoms with Crippen LogP contribution >= 0.6 is 15.9 Å². The number of rotatable bonds is 5. The van der Waals surface area contributed by atoms with E-state index in [-0.39, 0.29) is 0 Å². The highest BCUT2D eigenvalue weighted by Crippen LogP contribution is 2.26. The van der Waals surface area contributed by atoms with E-state index in [4.69, 9.17) is 4.42 Å². The lowest BCUT2D eigenvalue weighted by Gasteiger charge is -2.19. The lowest BCUT2D eigenvalue weighted by atomic mass is 10.2. The van der Waals surface area contributed by atoms with Gasteiger partial charge in [-0.15, -0.1) is 10.2 Å². The summed E-state index contributed by atoms with van der Waals surface area (Å²) in [6.07, 6.45) is 2.52. The van der Waals surface area contributed by atoms with Gasteiger partial charge in [0.2, 0.25) is 11.8 Å². The molecule has 3 rings (SSSR count). The van der Waals surface area contributed by atoms with E-state index in [1.807, 2.05) is 24.3 Å². The van der Waals surface area contributed by atoms with E-state index in [0.29, 0.717) is 24.4 Å². The van der Waals surface area contributed by atoms with Crippen LogP contribution in [0.2, 0.25) is 0 Å². The van der Waals surface area contributed by atoms with Gasteiger partial charge in [0.15, 0.2) is 0 Å². The quantitative estimate of drug-likeness (QED) is 0.898. The number of hydrogen-bond acceptors (Lipinski definition) is 5. The number of likely N-dealkylation sites (N-methyl/N-ethyl adjacent to an activating group) is 1. The van der Waals surface area contributed by atoms with E-state index in [1.165, 1.54) is 12.8 Å². The minimum Gasteiger partial charge on any atom is -0.419 e. The average Bonchev–Trinajstić information content (AvgIpc) is 3.11. The van der Waals surface area contributed by atoms with E-state index in [0.717, 1.165) is 23.1 Å². The maximum Gasteiger partial charge on any atom is 0.248 e. The van der Waals surface area contributed by atoms with Gasteiger partial charge in [-0.05, 0) is 54.5 Å². The summed E-state index contributed by atoms with van der Waals surface area (Å²) >= 11 is 3.50. The molecule has 1 aliphatic heterocycles. The Labute approximate surface area is 132 Å². The summed E-state index contributed by atoms with van der Waals surface area (Å²) < 4.78 is 6.73. The third-order valence-corrected chi connectivity index (χ3v) is 4.36. The van der Waals surface area contributed by atoms with Gasteiger partial charge in [0.1, 0.15) is 0 Å². The molecule has 6 heteroatoms. The Bertz CT molecular complexity index is 595. The van der Waals surface area contributed by atoms with Gasteiger partial charge < -0.3 is 9.73 Å². The first kappa shape index (κ1) is 14.7. The highest BCUT2D eigenvalue weighted by atomic mass is 79.9. The van der Waals surface area contributed by atoms with Crippen molar-refractivity contribution in [2.45, 2.75) is 25.4 Å². The van der Waals surface area contributed by atoms with Crippen LogP contribution < -0.4 is 5.32 Å². The summed E-state index contributed by atoms with van der Waals surface area (Å²) in [6.45, 7) is 2.81. The van der Waals surface area contributed by atoms with Crippen LogP contribution in [0.5, 0.6) is 0 Å². The van der Waals surface area contributed by atoms with E-state index in [9.17, 15) is 0 Å². The number of benzene rings is 1. The molecular formula is C15H19BrN4O. The zero-order valence-electron chi connectivity index (χ0n) is 12.1. The van der Waals surface area contributed by atoms with Crippen molar-refractivity contribution in [2.75, 3.05) is 20.1 Å². The van der Waals surface area contributed by atoms with Crippen LogP contribution in [-0.4, -0.2) is 41.3 Å². The average molecular weight is 351 g/mol. The maximum atomic E-state index is 5.77. The molecule has 0 radical (unpaired) electrons. The van der Waals surface area contributed by atoms with Gasteiger partial charge >= 0.3 is 0 Å². The molecule has 112 valence electrons. The van der Waals surface area contributed by atoms with E-state index < -0.39 is 0 Å². The summed E-state index contributed by atoms with van der Waals surface area (Å²) in [5, 5.41) is 11.8. The normalized spacial score (nSPS) is 18.5.